The molecule has 0 spiro atoms. The lowest BCUT2D eigenvalue weighted by Gasteiger charge is -2.02. The van der Waals surface area contributed by atoms with E-state index in [0.29, 0.717) is 0 Å². The van der Waals surface area contributed by atoms with Gasteiger partial charge >= 0.3 is 0 Å². The third-order valence-corrected chi connectivity index (χ3v) is 2.41. The molecule has 0 bridgehead atoms. The summed E-state index contributed by atoms with van der Waals surface area (Å²) in [6.07, 6.45) is 6.22. The van der Waals surface area contributed by atoms with Gasteiger partial charge in [0.1, 0.15) is 0 Å². The molecule has 1 aromatic rings. The van der Waals surface area contributed by atoms with Crippen LogP contribution in [0, 0.1) is 0 Å². The second kappa shape index (κ2) is 6.59. The van der Waals surface area contributed by atoms with Gasteiger partial charge < -0.3 is 0 Å². The molecule has 1 rings (SSSR count). The van der Waals surface area contributed by atoms with Crippen molar-refractivity contribution in [3.8, 4) is 0 Å². The highest BCUT2D eigenvalue weighted by Gasteiger charge is 1.99. The van der Waals surface area contributed by atoms with Crippen molar-refractivity contribution < 1.29 is 0 Å². The molecule has 0 saturated carbocycles. The summed E-state index contributed by atoms with van der Waals surface area (Å²) in [5.74, 6) is 0. The molecule has 88 valence electrons. The molecule has 0 saturated heterocycles. The molecule has 0 aliphatic carbocycles. The van der Waals surface area contributed by atoms with E-state index in [1.54, 1.807) is 12.3 Å². The summed E-state index contributed by atoms with van der Waals surface area (Å²) in [7, 11) is 0. The van der Waals surface area contributed by atoms with Crippen LogP contribution in [0.15, 0.2) is 66.0 Å². The Balaban J connectivity index is 3.03. The van der Waals surface area contributed by atoms with Crippen LogP contribution in [0.3, 0.4) is 0 Å². The van der Waals surface area contributed by atoms with Gasteiger partial charge in [0.2, 0.25) is 0 Å². The number of aromatic nitrogens is 1. The summed E-state index contributed by atoms with van der Waals surface area (Å²) in [5.41, 5.74) is 3.79. The quantitative estimate of drug-likeness (QED) is 0.551. The van der Waals surface area contributed by atoms with Gasteiger partial charge in [0.05, 0.1) is 11.4 Å². The standard InChI is InChI=1S/C15H18N2/c1-5-13(12(3)4)11-17-14(6-2)15-9-7-8-10-16-15/h6-11H,2-3,5H2,1,4H3/b13-11+,17-14?. The average molecular weight is 226 g/mol. The van der Waals surface area contributed by atoms with Gasteiger partial charge in [-0.2, -0.15) is 0 Å². The summed E-state index contributed by atoms with van der Waals surface area (Å²) >= 11 is 0. The zero-order valence-electron chi connectivity index (χ0n) is 10.5. The molecule has 17 heavy (non-hydrogen) atoms. The third kappa shape index (κ3) is 3.83. The van der Waals surface area contributed by atoms with Gasteiger partial charge in [-0.25, -0.2) is 0 Å². The van der Waals surface area contributed by atoms with Crippen molar-refractivity contribution in [1.82, 2.24) is 4.98 Å². The highest BCUT2D eigenvalue weighted by Crippen LogP contribution is 2.11. The number of nitrogens with zero attached hydrogens (tertiary/aromatic N) is 2. The van der Waals surface area contributed by atoms with Crippen LogP contribution >= 0.6 is 0 Å². The Bertz CT molecular complexity index is 453. The fourth-order valence-corrected chi connectivity index (χ4v) is 1.39. The van der Waals surface area contributed by atoms with E-state index in [1.165, 1.54) is 0 Å². The second-order valence-electron chi connectivity index (χ2n) is 3.72. The van der Waals surface area contributed by atoms with Gasteiger partial charge in [0.15, 0.2) is 0 Å². The highest BCUT2D eigenvalue weighted by molar-refractivity contribution is 6.07. The number of aliphatic imine (C=N–C) groups is 1. The molecular weight excluding hydrogens is 208 g/mol. The number of hydrogen-bond donors (Lipinski definition) is 0. The molecular formula is C15H18N2. The summed E-state index contributed by atoms with van der Waals surface area (Å²) in [6, 6.07) is 5.73. The monoisotopic (exact) mass is 226 g/mol. The maximum Gasteiger partial charge on any atom is 0.0885 e. The first-order valence-corrected chi connectivity index (χ1v) is 5.65. The maximum atomic E-state index is 4.42. The number of rotatable bonds is 5. The SMILES string of the molecule is C=CC(=N/C=C(\CC)C(=C)C)c1ccccn1. The van der Waals surface area contributed by atoms with Crippen LogP contribution in [-0.4, -0.2) is 10.7 Å². The zero-order valence-corrected chi connectivity index (χ0v) is 10.5. The molecule has 2 heteroatoms. The Morgan fingerprint density at radius 1 is 1.47 bits per heavy atom. The number of allylic oxidation sites excluding steroid dienone is 3. The zero-order chi connectivity index (χ0) is 12.7. The van der Waals surface area contributed by atoms with E-state index in [1.807, 2.05) is 31.3 Å². The Labute approximate surface area is 103 Å². The largest absolute Gasteiger partial charge is 0.255 e. The van der Waals surface area contributed by atoms with Crippen LogP contribution in [0.5, 0.6) is 0 Å². The minimum absolute atomic E-state index is 0.776. The molecule has 1 heterocycles. The van der Waals surface area contributed by atoms with Crippen LogP contribution in [0.1, 0.15) is 26.0 Å². The first-order valence-electron chi connectivity index (χ1n) is 5.65. The van der Waals surface area contributed by atoms with Crippen LogP contribution in [0.2, 0.25) is 0 Å². The van der Waals surface area contributed by atoms with Crippen molar-refractivity contribution in [2.45, 2.75) is 20.3 Å². The summed E-state index contributed by atoms with van der Waals surface area (Å²) in [5, 5.41) is 0. The molecule has 0 fully saturated rings. The lowest BCUT2D eigenvalue weighted by Crippen LogP contribution is -1.98. The van der Waals surface area contributed by atoms with Gasteiger partial charge in [-0.15, -0.1) is 0 Å². The molecule has 0 N–H and O–H groups in total. The third-order valence-electron chi connectivity index (χ3n) is 2.41. The molecule has 0 unspecified atom stereocenters. The summed E-state index contributed by atoms with van der Waals surface area (Å²) < 4.78 is 0. The van der Waals surface area contributed by atoms with E-state index in [-0.39, 0.29) is 0 Å². The topological polar surface area (TPSA) is 25.2 Å². The maximum absolute atomic E-state index is 4.42. The molecule has 0 aromatic carbocycles. The van der Waals surface area contributed by atoms with Crippen molar-refractivity contribution in [2.75, 3.05) is 0 Å². The van der Waals surface area contributed by atoms with Crippen molar-refractivity contribution in [2.24, 2.45) is 4.99 Å². The lowest BCUT2D eigenvalue weighted by atomic mass is 10.1. The van der Waals surface area contributed by atoms with E-state index >= 15 is 0 Å². The van der Waals surface area contributed by atoms with Crippen LogP contribution in [0.25, 0.3) is 0 Å². The van der Waals surface area contributed by atoms with Gasteiger partial charge in [-0.05, 0) is 37.1 Å². The van der Waals surface area contributed by atoms with Crippen molar-refractivity contribution >= 4 is 5.71 Å². The Hall–Kier alpha value is -1.96. The molecule has 0 aliphatic rings. The van der Waals surface area contributed by atoms with Gasteiger partial charge in [-0.1, -0.05) is 31.7 Å². The van der Waals surface area contributed by atoms with Crippen LogP contribution in [0.4, 0.5) is 0 Å². The fraction of sp³-hybridized carbons (Fsp3) is 0.200. The second-order valence-corrected chi connectivity index (χ2v) is 3.72. The van der Waals surface area contributed by atoms with Gasteiger partial charge in [-0.3, -0.25) is 9.98 Å². The first-order chi connectivity index (χ1) is 8.19. The van der Waals surface area contributed by atoms with Crippen molar-refractivity contribution in [3.63, 3.8) is 0 Å². The van der Waals surface area contributed by atoms with Crippen LogP contribution in [-0.2, 0) is 0 Å². The Morgan fingerprint density at radius 2 is 2.24 bits per heavy atom. The number of pyridine rings is 1. The molecule has 0 aliphatic heterocycles. The van der Waals surface area contributed by atoms with E-state index in [4.69, 9.17) is 0 Å². The Kier molecular flexibility index (Phi) is 5.08. The molecule has 2 nitrogen and oxygen atoms in total. The molecule has 0 atom stereocenters. The van der Waals surface area contributed by atoms with Crippen molar-refractivity contribution in [3.05, 3.63) is 66.7 Å². The highest BCUT2D eigenvalue weighted by atomic mass is 14.8. The minimum atomic E-state index is 0.776. The van der Waals surface area contributed by atoms with E-state index < -0.39 is 0 Å². The number of hydrogen-bond acceptors (Lipinski definition) is 2. The lowest BCUT2D eigenvalue weighted by molar-refractivity contribution is 1.09. The van der Waals surface area contributed by atoms with Crippen molar-refractivity contribution in [1.29, 1.82) is 0 Å². The van der Waals surface area contributed by atoms with E-state index in [0.717, 1.165) is 29.0 Å². The normalized spacial score (nSPS) is 12.4. The van der Waals surface area contributed by atoms with Gasteiger partial charge in [0, 0.05) is 12.4 Å². The predicted octanol–water partition coefficient (Wildman–Crippen LogP) is 3.93. The molecule has 0 amide bonds. The average Bonchev–Trinajstić information content (AvgIpc) is 2.35. The predicted molar refractivity (Wildman–Crippen MR) is 74.2 cm³/mol. The molecule has 1 aromatic heterocycles. The van der Waals surface area contributed by atoms with Gasteiger partial charge in [0.25, 0.3) is 0 Å². The minimum Gasteiger partial charge on any atom is -0.255 e. The first kappa shape index (κ1) is 13.1. The fourth-order valence-electron chi connectivity index (χ4n) is 1.39. The summed E-state index contributed by atoms with van der Waals surface area (Å²) in [6.45, 7) is 11.8. The smallest absolute Gasteiger partial charge is 0.0885 e. The van der Waals surface area contributed by atoms with E-state index in [2.05, 4.69) is 30.1 Å². The summed E-state index contributed by atoms with van der Waals surface area (Å²) in [4.78, 5) is 8.66. The molecule has 0 radical (unpaired) electrons. The van der Waals surface area contributed by atoms with Crippen LogP contribution < -0.4 is 0 Å². The Morgan fingerprint density at radius 3 is 2.71 bits per heavy atom. The van der Waals surface area contributed by atoms with E-state index in [9.17, 15) is 0 Å².